The third-order valence-electron chi connectivity index (χ3n) is 1.62. The fourth-order valence-corrected chi connectivity index (χ4v) is 1.87. The Morgan fingerprint density at radius 1 is 1.29 bits per heavy atom. The standard InChI is InChI=1S/C9H10N4S/c1-2-10-9-13-6-7(14-9)8-11-4-3-5-12-8/h3-6H,2H2,1H3,(H,10,13). The number of nitrogens with one attached hydrogen (secondary N) is 1. The van der Waals surface area contributed by atoms with Crippen LogP contribution in [0.5, 0.6) is 0 Å². The van der Waals surface area contributed by atoms with Crippen molar-refractivity contribution in [3.63, 3.8) is 0 Å². The molecular weight excluding hydrogens is 196 g/mol. The predicted molar refractivity (Wildman–Crippen MR) is 57.3 cm³/mol. The molecule has 0 aliphatic heterocycles. The van der Waals surface area contributed by atoms with E-state index in [0.717, 1.165) is 22.4 Å². The van der Waals surface area contributed by atoms with Crippen LogP contribution >= 0.6 is 11.3 Å². The first kappa shape index (κ1) is 9.08. The third-order valence-corrected chi connectivity index (χ3v) is 2.57. The van der Waals surface area contributed by atoms with Crippen LogP contribution in [0.15, 0.2) is 24.7 Å². The van der Waals surface area contributed by atoms with Crippen molar-refractivity contribution in [1.82, 2.24) is 15.0 Å². The van der Waals surface area contributed by atoms with Crippen molar-refractivity contribution in [2.45, 2.75) is 6.92 Å². The van der Waals surface area contributed by atoms with Crippen LogP contribution in [0.25, 0.3) is 10.7 Å². The lowest BCUT2D eigenvalue weighted by atomic mass is 10.5. The molecule has 0 aliphatic carbocycles. The van der Waals surface area contributed by atoms with Crippen LogP contribution < -0.4 is 5.32 Å². The number of hydrogen-bond donors (Lipinski definition) is 1. The van der Waals surface area contributed by atoms with Gasteiger partial charge in [-0.2, -0.15) is 0 Å². The van der Waals surface area contributed by atoms with Gasteiger partial charge >= 0.3 is 0 Å². The summed E-state index contributed by atoms with van der Waals surface area (Å²) in [6.45, 7) is 2.92. The molecule has 2 aromatic rings. The van der Waals surface area contributed by atoms with Gasteiger partial charge < -0.3 is 5.32 Å². The van der Waals surface area contributed by atoms with Crippen molar-refractivity contribution in [2.75, 3.05) is 11.9 Å². The molecule has 4 nitrogen and oxygen atoms in total. The van der Waals surface area contributed by atoms with Gasteiger partial charge in [-0.3, -0.25) is 0 Å². The number of rotatable bonds is 3. The highest BCUT2D eigenvalue weighted by molar-refractivity contribution is 7.18. The molecular formula is C9H10N4S. The lowest BCUT2D eigenvalue weighted by Crippen LogP contribution is -1.94. The minimum absolute atomic E-state index is 0.731. The third kappa shape index (κ3) is 1.88. The van der Waals surface area contributed by atoms with Crippen LogP contribution in [0.2, 0.25) is 0 Å². The van der Waals surface area contributed by atoms with Gasteiger partial charge in [-0.25, -0.2) is 15.0 Å². The van der Waals surface area contributed by atoms with Gasteiger partial charge in [0, 0.05) is 18.9 Å². The van der Waals surface area contributed by atoms with E-state index in [1.165, 1.54) is 0 Å². The number of anilines is 1. The average Bonchev–Trinajstić information content (AvgIpc) is 2.68. The second kappa shape index (κ2) is 4.15. The van der Waals surface area contributed by atoms with Gasteiger partial charge in [-0.15, -0.1) is 0 Å². The van der Waals surface area contributed by atoms with Crippen molar-refractivity contribution in [3.8, 4) is 10.7 Å². The van der Waals surface area contributed by atoms with E-state index < -0.39 is 0 Å². The van der Waals surface area contributed by atoms with Gasteiger partial charge in [-0.1, -0.05) is 11.3 Å². The fourth-order valence-electron chi connectivity index (χ4n) is 1.04. The summed E-state index contributed by atoms with van der Waals surface area (Å²) in [5.41, 5.74) is 0. The molecule has 0 saturated heterocycles. The topological polar surface area (TPSA) is 50.7 Å². The largest absolute Gasteiger partial charge is 0.362 e. The zero-order valence-corrected chi connectivity index (χ0v) is 8.58. The first-order valence-corrected chi connectivity index (χ1v) is 5.19. The minimum Gasteiger partial charge on any atom is -0.362 e. The van der Waals surface area contributed by atoms with E-state index >= 15 is 0 Å². The highest BCUT2D eigenvalue weighted by Gasteiger charge is 2.04. The van der Waals surface area contributed by atoms with E-state index in [1.54, 1.807) is 36.0 Å². The summed E-state index contributed by atoms with van der Waals surface area (Å²) in [7, 11) is 0. The van der Waals surface area contributed by atoms with Crippen LogP contribution in [-0.4, -0.2) is 21.5 Å². The molecule has 0 saturated carbocycles. The summed E-state index contributed by atoms with van der Waals surface area (Å²) < 4.78 is 0. The van der Waals surface area contributed by atoms with Gasteiger partial charge in [0.25, 0.3) is 0 Å². The molecule has 0 aliphatic rings. The molecule has 0 bridgehead atoms. The Labute approximate surface area is 86.1 Å². The summed E-state index contributed by atoms with van der Waals surface area (Å²) in [6, 6.07) is 1.80. The van der Waals surface area contributed by atoms with Gasteiger partial charge in [0.15, 0.2) is 11.0 Å². The SMILES string of the molecule is CCNc1ncc(-c2ncccn2)s1. The summed E-state index contributed by atoms with van der Waals surface area (Å²) in [6.07, 6.45) is 5.25. The van der Waals surface area contributed by atoms with Gasteiger partial charge in [-0.05, 0) is 13.0 Å². The van der Waals surface area contributed by atoms with E-state index in [1.807, 2.05) is 6.92 Å². The van der Waals surface area contributed by atoms with Gasteiger partial charge in [0.05, 0.1) is 11.1 Å². The predicted octanol–water partition coefficient (Wildman–Crippen LogP) is 2.03. The zero-order valence-electron chi connectivity index (χ0n) is 7.77. The summed E-state index contributed by atoms with van der Waals surface area (Å²) in [5, 5.41) is 4.06. The molecule has 2 aromatic heterocycles. The molecule has 2 heterocycles. The Morgan fingerprint density at radius 3 is 2.79 bits per heavy atom. The van der Waals surface area contributed by atoms with Crippen molar-refractivity contribution in [3.05, 3.63) is 24.7 Å². The van der Waals surface area contributed by atoms with Crippen molar-refractivity contribution >= 4 is 16.5 Å². The number of thiazole rings is 1. The monoisotopic (exact) mass is 206 g/mol. The van der Waals surface area contributed by atoms with E-state index in [4.69, 9.17) is 0 Å². The Balaban J connectivity index is 2.25. The molecule has 72 valence electrons. The minimum atomic E-state index is 0.731. The first-order chi connectivity index (χ1) is 6.90. The molecule has 5 heteroatoms. The maximum Gasteiger partial charge on any atom is 0.183 e. The summed E-state index contributed by atoms with van der Waals surface area (Å²) in [5.74, 6) is 0.731. The van der Waals surface area contributed by atoms with Crippen molar-refractivity contribution < 1.29 is 0 Å². The lowest BCUT2D eigenvalue weighted by Gasteiger charge is -1.93. The molecule has 14 heavy (non-hydrogen) atoms. The Morgan fingerprint density at radius 2 is 2.07 bits per heavy atom. The molecule has 0 amide bonds. The van der Waals surface area contributed by atoms with Crippen LogP contribution in [-0.2, 0) is 0 Å². The van der Waals surface area contributed by atoms with Crippen LogP contribution in [0.4, 0.5) is 5.13 Å². The molecule has 0 atom stereocenters. The van der Waals surface area contributed by atoms with Crippen LogP contribution in [0.1, 0.15) is 6.92 Å². The van der Waals surface area contributed by atoms with Gasteiger partial charge in [0.1, 0.15) is 0 Å². The molecule has 0 radical (unpaired) electrons. The average molecular weight is 206 g/mol. The number of hydrogen-bond acceptors (Lipinski definition) is 5. The number of aromatic nitrogens is 3. The maximum absolute atomic E-state index is 4.21. The van der Waals surface area contributed by atoms with E-state index in [9.17, 15) is 0 Å². The smallest absolute Gasteiger partial charge is 0.183 e. The summed E-state index contributed by atoms with van der Waals surface area (Å²) in [4.78, 5) is 13.5. The second-order valence-electron chi connectivity index (χ2n) is 2.63. The normalized spacial score (nSPS) is 10.1. The molecule has 0 unspecified atom stereocenters. The lowest BCUT2D eigenvalue weighted by molar-refractivity contribution is 1.18. The van der Waals surface area contributed by atoms with Crippen LogP contribution in [0, 0.1) is 0 Å². The van der Waals surface area contributed by atoms with E-state index in [2.05, 4.69) is 20.3 Å². The van der Waals surface area contributed by atoms with Crippen molar-refractivity contribution in [2.24, 2.45) is 0 Å². The second-order valence-corrected chi connectivity index (χ2v) is 3.66. The Kier molecular flexibility index (Phi) is 2.69. The first-order valence-electron chi connectivity index (χ1n) is 4.37. The van der Waals surface area contributed by atoms with E-state index in [-0.39, 0.29) is 0 Å². The van der Waals surface area contributed by atoms with E-state index in [0.29, 0.717) is 0 Å². The Hall–Kier alpha value is -1.49. The molecule has 1 N–H and O–H groups in total. The van der Waals surface area contributed by atoms with Crippen LogP contribution in [0.3, 0.4) is 0 Å². The summed E-state index contributed by atoms with van der Waals surface area (Å²) >= 11 is 1.56. The zero-order chi connectivity index (χ0) is 9.80. The molecule has 2 rings (SSSR count). The molecule has 0 spiro atoms. The quantitative estimate of drug-likeness (QED) is 0.834. The molecule has 0 fully saturated rings. The highest BCUT2D eigenvalue weighted by atomic mass is 32.1. The number of nitrogens with zero attached hydrogens (tertiary/aromatic N) is 3. The Bertz CT molecular complexity index is 398. The van der Waals surface area contributed by atoms with Crippen molar-refractivity contribution in [1.29, 1.82) is 0 Å². The molecule has 0 aromatic carbocycles. The highest BCUT2D eigenvalue weighted by Crippen LogP contribution is 2.25. The maximum atomic E-state index is 4.21. The van der Waals surface area contributed by atoms with Gasteiger partial charge in [0.2, 0.25) is 0 Å². The fraction of sp³-hybridized carbons (Fsp3) is 0.222.